The van der Waals surface area contributed by atoms with Crippen molar-refractivity contribution in [3.05, 3.63) is 52.1 Å². The van der Waals surface area contributed by atoms with Crippen molar-refractivity contribution in [2.24, 2.45) is 0 Å². The predicted octanol–water partition coefficient (Wildman–Crippen LogP) is 2.62. The predicted molar refractivity (Wildman–Crippen MR) is 108 cm³/mol. The number of hydrogen-bond acceptors (Lipinski definition) is 8. The molecule has 1 N–H and O–H groups in total. The Morgan fingerprint density at radius 3 is 2.57 bits per heavy atom. The number of carbonyl (C=O) groups excluding carboxylic acids is 2. The smallest absolute Gasteiger partial charge is 0.338 e. The molecule has 0 radical (unpaired) electrons. The van der Waals surface area contributed by atoms with Gasteiger partial charge in [-0.05, 0) is 24.3 Å². The molecule has 1 amide bonds. The van der Waals surface area contributed by atoms with Crippen molar-refractivity contribution < 1.29 is 28.7 Å². The first-order valence-electron chi connectivity index (χ1n) is 9.17. The Kier molecular flexibility index (Phi) is 6.35. The summed E-state index contributed by atoms with van der Waals surface area (Å²) in [7, 11) is 3.31. The van der Waals surface area contributed by atoms with E-state index in [0.717, 1.165) is 12.5 Å². The number of rotatable bonds is 6. The zero-order valence-electron chi connectivity index (χ0n) is 16.5. The van der Waals surface area contributed by atoms with E-state index in [1.165, 1.54) is 12.1 Å². The second-order valence-corrected chi connectivity index (χ2v) is 6.69. The summed E-state index contributed by atoms with van der Waals surface area (Å²) >= 11 is 0. The fourth-order valence-electron chi connectivity index (χ4n) is 2.83. The van der Waals surface area contributed by atoms with Gasteiger partial charge in [0.2, 0.25) is 0 Å². The molecule has 0 aromatic heterocycles. The summed E-state index contributed by atoms with van der Waals surface area (Å²) in [5, 5.41) is 13.8. The molecule has 2 aromatic rings. The Labute approximate surface area is 172 Å². The van der Waals surface area contributed by atoms with Gasteiger partial charge in [0.1, 0.15) is 5.69 Å². The van der Waals surface area contributed by atoms with E-state index < -0.39 is 23.4 Å². The first-order chi connectivity index (χ1) is 14.3. The van der Waals surface area contributed by atoms with Gasteiger partial charge in [-0.15, -0.1) is 0 Å². The van der Waals surface area contributed by atoms with Crippen LogP contribution in [0.1, 0.15) is 16.8 Å². The highest BCUT2D eigenvalue weighted by Gasteiger charge is 2.20. The molecule has 10 nitrogen and oxygen atoms in total. The normalized spacial score (nSPS) is 12.5. The molecule has 0 saturated heterocycles. The molecular weight excluding hydrogens is 394 g/mol. The van der Waals surface area contributed by atoms with Crippen molar-refractivity contribution >= 4 is 28.9 Å². The van der Waals surface area contributed by atoms with Crippen LogP contribution in [0.5, 0.6) is 11.5 Å². The third-order valence-electron chi connectivity index (χ3n) is 4.26. The van der Waals surface area contributed by atoms with Crippen LogP contribution in [0.15, 0.2) is 36.4 Å². The van der Waals surface area contributed by atoms with Crippen LogP contribution >= 0.6 is 0 Å². The van der Waals surface area contributed by atoms with E-state index in [9.17, 15) is 19.7 Å². The van der Waals surface area contributed by atoms with E-state index in [1.807, 2.05) is 0 Å². The van der Waals surface area contributed by atoms with Crippen LogP contribution in [0.25, 0.3) is 0 Å². The van der Waals surface area contributed by atoms with Gasteiger partial charge in [-0.1, -0.05) is 0 Å². The fraction of sp³-hybridized carbons (Fsp3) is 0.300. The van der Waals surface area contributed by atoms with Gasteiger partial charge in [-0.2, -0.15) is 0 Å². The number of fused-ring (bicyclic) bond motifs is 1. The number of benzene rings is 2. The number of nitrogens with zero attached hydrogens (tertiary/aromatic N) is 2. The second-order valence-electron chi connectivity index (χ2n) is 6.69. The third kappa shape index (κ3) is 4.96. The van der Waals surface area contributed by atoms with Crippen LogP contribution in [-0.4, -0.2) is 50.7 Å². The highest BCUT2D eigenvalue weighted by Crippen LogP contribution is 2.32. The Morgan fingerprint density at radius 1 is 1.13 bits per heavy atom. The molecule has 1 aliphatic heterocycles. The molecule has 0 aliphatic carbocycles. The lowest BCUT2D eigenvalue weighted by molar-refractivity contribution is -0.384. The van der Waals surface area contributed by atoms with Crippen LogP contribution in [0.3, 0.4) is 0 Å². The Morgan fingerprint density at radius 2 is 1.87 bits per heavy atom. The maximum atomic E-state index is 12.2. The minimum Gasteiger partial charge on any atom is -0.490 e. The Bertz CT molecular complexity index is 975. The molecule has 3 rings (SSSR count). The second kappa shape index (κ2) is 9.12. The number of carbonyl (C=O) groups is 2. The number of anilines is 2. The lowest BCUT2D eigenvalue weighted by atomic mass is 10.1. The van der Waals surface area contributed by atoms with Gasteiger partial charge in [0, 0.05) is 38.3 Å². The number of nitro groups is 1. The molecule has 0 bridgehead atoms. The van der Waals surface area contributed by atoms with Crippen molar-refractivity contribution in [2.75, 3.05) is 44.1 Å². The number of ether oxygens (including phenoxy) is 3. The number of hydrogen-bond donors (Lipinski definition) is 1. The minimum absolute atomic E-state index is 0.0179. The van der Waals surface area contributed by atoms with Crippen LogP contribution in [0.2, 0.25) is 0 Å². The van der Waals surface area contributed by atoms with Gasteiger partial charge in [-0.25, -0.2) is 4.79 Å². The molecule has 10 heteroatoms. The molecular formula is C20H21N3O7. The molecule has 0 saturated carbocycles. The first-order valence-corrected chi connectivity index (χ1v) is 9.17. The Hall–Kier alpha value is -3.82. The average Bonchev–Trinajstić information content (AvgIpc) is 2.96. The Balaban J connectivity index is 1.61. The largest absolute Gasteiger partial charge is 0.490 e. The van der Waals surface area contributed by atoms with Gasteiger partial charge in [0.15, 0.2) is 18.1 Å². The molecule has 2 aromatic carbocycles. The number of nitro benzene ring substituents is 1. The van der Waals surface area contributed by atoms with E-state index in [2.05, 4.69) is 5.32 Å². The van der Waals surface area contributed by atoms with E-state index in [1.54, 1.807) is 37.2 Å². The molecule has 1 aliphatic rings. The SMILES string of the molecule is CN(C)c1ccc(C(=O)OCC(=O)Nc2ccc3c(c2)OCCCO3)cc1[N+](=O)[O-]. The molecule has 0 spiro atoms. The topological polar surface area (TPSA) is 120 Å². The molecule has 0 atom stereocenters. The summed E-state index contributed by atoms with van der Waals surface area (Å²) in [6.45, 7) is 0.527. The molecule has 158 valence electrons. The van der Waals surface area contributed by atoms with Crippen molar-refractivity contribution in [2.45, 2.75) is 6.42 Å². The summed E-state index contributed by atoms with van der Waals surface area (Å²) in [6, 6.07) is 8.95. The van der Waals surface area contributed by atoms with Crippen LogP contribution in [0.4, 0.5) is 17.1 Å². The molecule has 0 fully saturated rings. The highest BCUT2D eigenvalue weighted by atomic mass is 16.6. The van der Waals surface area contributed by atoms with Crippen molar-refractivity contribution in [3.63, 3.8) is 0 Å². The van der Waals surface area contributed by atoms with Gasteiger partial charge in [-0.3, -0.25) is 14.9 Å². The maximum absolute atomic E-state index is 12.2. The highest BCUT2D eigenvalue weighted by molar-refractivity contribution is 5.96. The number of esters is 1. The lowest BCUT2D eigenvalue weighted by Crippen LogP contribution is -2.21. The van der Waals surface area contributed by atoms with Gasteiger partial charge >= 0.3 is 5.97 Å². The fourth-order valence-corrected chi connectivity index (χ4v) is 2.83. The van der Waals surface area contributed by atoms with Crippen molar-refractivity contribution in [1.29, 1.82) is 0 Å². The zero-order chi connectivity index (χ0) is 21.7. The summed E-state index contributed by atoms with van der Waals surface area (Å²) in [5.74, 6) is -0.273. The van der Waals surface area contributed by atoms with E-state index in [0.29, 0.717) is 36.1 Å². The van der Waals surface area contributed by atoms with E-state index >= 15 is 0 Å². The molecule has 30 heavy (non-hydrogen) atoms. The van der Waals surface area contributed by atoms with Gasteiger partial charge < -0.3 is 24.4 Å². The summed E-state index contributed by atoms with van der Waals surface area (Å²) < 4.78 is 16.1. The number of amides is 1. The van der Waals surface area contributed by atoms with E-state index in [-0.39, 0.29) is 11.3 Å². The van der Waals surface area contributed by atoms with Crippen LogP contribution < -0.4 is 19.7 Å². The van der Waals surface area contributed by atoms with E-state index in [4.69, 9.17) is 14.2 Å². The van der Waals surface area contributed by atoms with Gasteiger partial charge in [0.25, 0.3) is 11.6 Å². The van der Waals surface area contributed by atoms with Crippen molar-refractivity contribution in [3.8, 4) is 11.5 Å². The van der Waals surface area contributed by atoms with Crippen LogP contribution in [-0.2, 0) is 9.53 Å². The first kappa shape index (κ1) is 20.9. The summed E-state index contributed by atoms with van der Waals surface area (Å²) in [4.78, 5) is 36.6. The minimum atomic E-state index is -0.836. The molecule has 0 unspecified atom stereocenters. The van der Waals surface area contributed by atoms with Gasteiger partial charge in [0.05, 0.1) is 23.7 Å². The van der Waals surface area contributed by atoms with Crippen molar-refractivity contribution in [1.82, 2.24) is 0 Å². The third-order valence-corrected chi connectivity index (χ3v) is 4.26. The standard InChI is InChI=1S/C20H21N3O7/c1-22(2)15-6-4-13(10-16(15)23(26)27)20(25)30-12-19(24)21-14-5-7-17-18(11-14)29-9-3-8-28-17/h4-7,10-11H,3,8-9,12H2,1-2H3,(H,21,24). The molecule has 1 heterocycles. The number of nitrogens with one attached hydrogen (secondary N) is 1. The zero-order valence-corrected chi connectivity index (χ0v) is 16.5. The lowest BCUT2D eigenvalue weighted by Gasteiger charge is -2.13. The van der Waals surface area contributed by atoms with Crippen LogP contribution in [0, 0.1) is 10.1 Å². The summed E-state index contributed by atoms with van der Waals surface area (Å²) in [5.41, 5.74) is 0.566. The maximum Gasteiger partial charge on any atom is 0.338 e. The summed E-state index contributed by atoms with van der Waals surface area (Å²) in [6.07, 6.45) is 0.764. The quantitative estimate of drug-likeness (QED) is 0.434. The average molecular weight is 415 g/mol. The monoisotopic (exact) mass is 415 g/mol.